The number of nitrogens with one attached hydrogen (secondary N) is 1. The van der Waals surface area contributed by atoms with Gasteiger partial charge in [-0.15, -0.1) is 0 Å². The maximum absolute atomic E-state index is 11.4. The molecular formula is C11H12N4O2S. The summed E-state index contributed by atoms with van der Waals surface area (Å²) in [7, 11) is 0. The summed E-state index contributed by atoms with van der Waals surface area (Å²) in [6.45, 7) is 1.95. The molecule has 1 aliphatic heterocycles. The minimum atomic E-state index is -0.358. The van der Waals surface area contributed by atoms with Gasteiger partial charge in [0, 0.05) is 5.69 Å². The number of pyridine rings is 1. The lowest BCUT2D eigenvalue weighted by atomic mass is 10.2. The fraction of sp³-hybridized carbons (Fsp3) is 0.273. The molecule has 2 rings (SSSR count). The Kier molecular flexibility index (Phi) is 3.24. The molecule has 3 N–H and O–H groups in total. The van der Waals surface area contributed by atoms with E-state index in [2.05, 4.69) is 10.3 Å². The first-order chi connectivity index (χ1) is 8.47. The number of hydrogen-bond acceptors (Lipinski definition) is 5. The van der Waals surface area contributed by atoms with Gasteiger partial charge in [-0.2, -0.15) is 0 Å². The summed E-state index contributed by atoms with van der Waals surface area (Å²) in [5.41, 5.74) is 6.95. The minimum Gasteiger partial charge on any atom is -0.389 e. The molecule has 1 aromatic rings. The summed E-state index contributed by atoms with van der Waals surface area (Å²) < 4.78 is 0. The van der Waals surface area contributed by atoms with Crippen molar-refractivity contribution in [3.63, 3.8) is 0 Å². The molecule has 0 radical (unpaired) electrons. The summed E-state index contributed by atoms with van der Waals surface area (Å²) >= 11 is 4.95. The van der Waals surface area contributed by atoms with E-state index in [0.717, 1.165) is 5.69 Å². The van der Waals surface area contributed by atoms with Crippen LogP contribution in [0.1, 0.15) is 11.3 Å². The highest BCUT2D eigenvalue weighted by atomic mass is 32.1. The number of nitrogens with zero attached hydrogens (tertiary/aromatic N) is 2. The Bertz CT molecular complexity index is 528. The second kappa shape index (κ2) is 4.69. The first-order valence-electron chi connectivity index (χ1n) is 5.32. The van der Waals surface area contributed by atoms with Gasteiger partial charge < -0.3 is 10.6 Å². The lowest BCUT2D eigenvalue weighted by molar-refractivity contribution is -0.130. The largest absolute Gasteiger partial charge is 0.389 e. The molecular weight excluding hydrogens is 252 g/mol. The molecule has 2 amide bonds. The lowest BCUT2D eigenvalue weighted by Gasteiger charge is -2.28. The smallest absolute Gasteiger partial charge is 0.246 e. The Balaban J connectivity index is 2.42. The van der Waals surface area contributed by atoms with Crippen LogP contribution in [0.5, 0.6) is 0 Å². The van der Waals surface area contributed by atoms with E-state index in [1.165, 1.54) is 0 Å². The lowest BCUT2D eigenvalue weighted by Crippen LogP contribution is -2.52. The first kappa shape index (κ1) is 12.4. The molecule has 0 spiro atoms. The van der Waals surface area contributed by atoms with Gasteiger partial charge >= 0.3 is 0 Å². The molecule has 0 bridgehead atoms. The predicted molar refractivity (Wildman–Crippen MR) is 70.2 cm³/mol. The van der Waals surface area contributed by atoms with Gasteiger partial charge in [0.05, 0.1) is 18.7 Å². The van der Waals surface area contributed by atoms with E-state index in [-0.39, 0.29) is 29.9 Å². The summed E-state index contributed by atoms with van der Waals surface area (Å²) in [4.78, 5) is 28.8. The van der Waals surface area contributed by atoms with Crippen molar-refractivity contribution in [1.82, 2.24) is 10.3 Å². The van der Waals surface area contributed by atoms with Crippen molar-refractivity contribution in [1.29, 1.82) is 0 Å². The number of rotatable bonds is 2. The second-order valence-corrected chi connectivity index (χ2v) is 4.46. The number of aromatic nitrogens is 1. The summed E-state index contributed by atoms with van der Waals surface area (Å²) in [5.74, 6) is -0.238. The number of hydrogen-bond donors (Lipinski definition) is 2. The number of piperazine rings is 1. The van der Waals surface area contributed by atoms with Crippen molar-refractivity contribution in [3.05, 3.63) is 23.4 Å². The van der Waals surface area contributed by atoms with Gasteiger partial charge in [0.2, 0.25) is 11.8 Å². The zero-order valence-electron chi connectivity index (χ0n) is 9.77. The molecule has 0 atom stereocenters. The van der Waals surface area contributed by atoms with Gasteiger partial charge in [-0.05, 0) is 19.1 Å². The quantitative estimate of drug-likeness (QED) is 0.552. The highest BCUT2D eigenvalue weighted by molar-refractivity contribution is 7.80. The molecule has 1 aromatic heterocycles. The van der Waals surface area contributed by atoms with Crippen LogP contribution in [0.2, 0.25) is 0 Å². The molecule has 0 unspecified atom stereocenters. The predicted octanol–water partition coefficient (Wildman–Crippen LogP) is -0.513. The molecule has 1 aliphatic rings. The van der Waals surface area contributed by atoms with Crippen LogP contribution in [-0.2, 0) is 9.59 Å². The average Bonchev–Trinajstić information content (AvgIpc) is 2.27. The highest BCUT2D eigenvalue weighted by Crippen LogP contribution is 2.19. The first-order valence-corrected chi connectivity index (χ1v) is 5.73. The van der Waals surface area contributed by atoms with Crippen LogP contribution in [0, 0.1) is 6.92 Å². The van der Waals surface area contributed by atoms with E-state index >= 15 is 0 Å². The Morgan fingerprint density at radius 2 is 2.00 bits per heavy atom. The van der Waals surface area contributed by atoms with E-state index in [1.54, 1.807) is 17.0 Å². The SMILES string of the molecule is Cc1ccc(C(N)=S)c(N2CC(=O)NC(=O)C2)n1. The number of imide groups is 1. The van der Waals surface area contributed by atoms with Gasteiger partial charge in [0.1, 0.15) is 10.8 Å². The Hall–Kier alpha value is -2.02. The van der Waals surface area contributed by atoms with Crippen molar-refractivity contribution in [2.24, 2.45) is 5.73 Å². The third-order valence-corrected chi connectivity index (χ3v) is 2.75. The van der Waals surface area contributed by atoms with Crippen LogP contribution in [0.3, 0.4) is 0 Å². The van der Waals surface area contributed by atoms with Crippen LogP contribution < -0.4 is 16.0 Å². The number of thiocarbonyl (C=S) groups is 1. The number of amides is 2. The third-order valence-electron chi connectivity index (χ3n) is 2.53. The fourth-order valence-electron chi connectivity index (χ4n) is 1.76. The van der Waals surface area contributed by atoms with Crippen LogP contribution in [0.25, 0.3) is 0 Å². The molecule has 2 heterocycles. The van der Waals surface area contributed by atoms with E-state index < -0.39 is 0 Å². The maximum Gasteiger partial charge on any atom is 0.246 e. The van der Waals surface area contributed by atoms with Crippen LogP contribution in [0.4, 0.5) is 5.82 Å². The Labute approximate surface area is 109 Å². The fourth-order valence-corrected chi connectivity index (χ4v) is 1.92. The summed E-state index contributed by atoms with van der Waals surface area (Å²) in [5, 5.41) is 2.23. The van der Waals surface area contributed by atoms with Crippen molar-refractivity contribution < 1.29 is 9.59 Å². The summed E-state index contributed by atoms with van der Waals surface area (Å²) in [6.07, 6.45) is 0. The Morgan fingerprint density at radius 1 is 1.39 bits per heavy atom. The van der Waals surface area contributed by atoms with Gasteiger partial charge in [-0.1, -0.05) is 12.2 Å². The monoisotopic (exact) mass is 264 g/mol. The molecule has 1 fully saturated rings. The number of carbonyl (C=O) groups is 2. The third kappa shape index (κ3) is 2.45. The van der Waals surface area contributed by atoms with E-state index in [4.69, 9.17) is 18.0 Å². The number of nitrogens with two attached hydrogens (primary N) is 1. The van der Waals surface area contributed by atoms with Gasteiger partial charge in [-0.25, -0.2) is 4.98 Å². The van der Waals surface area contributed by atoms with E-state index in [1.807, 2.05) is 6.92 Å². The molecule has 1 saturated heterocycles. The van der Waals surface area contributed by atoms with Gasteiger partial charge in [-0.3, -0.25) is 14.9 Å². The number of aryl methyl sites for hydroxylation is 1. The summed E-state index contributed by atoms with van der Waals surface area (Å²) in [6, 6.07) is 3.53. The van der Waals surface area contributed by atoms with Gasteiger partial charge in [0.25, 0.3) is 0 Å². The van der Waals surface area contributed by atoms with E-state index in [9.17, 15) is 9.59 Å². The highest BCUT2D eigenvalue weighted by Gasteiger charge is 2.25. The van der Waals surface area contributed by atoms with Crippen molar-refractivity contribution in [2.75, 3.05) is 18.0 Å². The van der Waals surface area contributed by atoms with Crippen molar-refractivity contribution >= 4 is 34.8 Å². The normalized spacial score (nSPS) is 15.5. The average molecular weight is 264 g/mol. The van der Waals surface area contributed by atoms with Crippen LogP contribution in [0.15, 0.2) is 12.1 Å². The number of anilines is 1. The van der Waals surface area contributed by atoms with Crippen LogP contribution >= 0.6 is 12.2 Å². The zero-order chi connectivity index (χ0) is 13.3. The van der Waals surface area contributed by atoms with Gasteiger partial charge in [0.15, 0.2) is 0 Å². The van der Waals surface area contributed by atoms with E-state index in [0.29, 0.717) is 11.4 Å². The molecule has 0 aliphatic carbocycles. The Morgan fingerprint density at radius 3 is 2.56 bits per heavy atom. The minimum absolute atomic E-state index is 0.0673. The molecule has 94 valence electrons. The molecule has 0 saturated carbocycles. The number of carbonyl (C=O) groups excluding carboxylic acids is 2. The maximum atomic E-state index is 11.4. The molecule has 18 heavy (non-hydrogen) atoms. The topological polar surface area (TPSA) is 88.3 Å². The molecule has 6 nitrogen and oxygen atoms in total. The van der Waals surface area contributed by atoms with Crippen molar-refractivity contribution in [2.45, 2.75) is 6.92 Å². The van der Waals surface area contributed by atoms with Crippen LogP contribution in [-0.4, -0.2) is 34.9 Å². The standard InChI is InChI=1S/C11H12N4O2S/c1-6-2-3-7(10(12)18)11(13-6)15-4-8(16)14-9(17)5-15/h2-3H,4-5H2,1H3,(H2,12,18)(H,14,16,17). The van der Waals surface area contributed by atoms with Crippen molar-refractivity contribution in [3.8, 4) is 0 Å². The zero-order valence-corrected chi connectivity index (χ0v) is 10.6. The molecule has 7 heteroatoms. The second-order valence-electron chi connectivity index (χ2n) is 4.02. The molecule has 0 aromatic carbocycles.